The lowest BCUT2D eigenvalue weighted by Gasteiger charge is -2.21. The van der Waals surface area contributed by atoms with Gasteiger partial charge in [0, 0.05) is 18.8 Å². The first-order valence-electron chi connectivity index (χ1n) is 5.97. The van der Waals surface area contributed by atoms with Gasteiger partial charge in [0.2, 0.25) is 0 Å². The molecule has 5 nitrogen and oxygen atoms in total. The molecule has 0 aliphatic carbocycles. The Kier molecular flexibility index (Phi) is 4.59. The van der Waals surface area contributed by atoms with Crippen molar-refractivity contribution in [2.45, 2.75) is 27.7 Å². The van der Waals surface area contributed by atoms with Gasteiger partial charge in [-0.2, -0.15) is 12.7 Å². The molecule has 0 radical (unpaired) electrons. The van der Waals surface area contributed by atoms with Crippen LogP contribution in [0.2, 0.25) is 0 Å². The largest absolute Gasteiger partial charge is 0.398 e. The minimum absolute atomic E-state index is 0.437. The van der Waals surface area contributed by atoms with Crippen LogP contribution in [0.25, 0.3) is 0 Å². The zero-order chi connectivity index (χ0) is 13.9. The summed E-state index contributed by atoms with van der Waals surface area (Å²) in [5.74, 6) is 0. The minimum Gasteiger partial charge on any atom is -0.398 e. The van der Waals surface area contributed by atoms with Crippen LogP contribution in [0.4, 0.5) is 11.4 Å². The average molecular weight is 271 g/mol. The Morgan fingerprint density at radius 2 is 1.78 bits per heavy atom. The summed E-state index contributed by atoms with van der Waals surface area (Å²) in [6, 6.07) is 3.59. The van der Waals surface area contributed by atoms with Crippen LogP contribution in [0.3, 0.4) is 0 Å². The third-order valence-corrected chi connectivity index (χ3v) is 4.65. The second kappa shape index (κ2) is 5.58. The third kappa shape index (κ3) is 2.94. The van der Waals surface area contributed by atoms with Gasteiger partial charge >= 0.3 is 10.2 Å². The zero-order valence-corrected chi connectivity index (χ0v) is 12.1. The van der Waals surface area contributed by atoms with E-state index in [2.05, 4.69) is 4.72 Å². The van der Waals surface area contributed by atoms with E-state index < -0.39 is 10.2 Å². The van der Waals surface area contributed by atoms with Crippen LogP contribution >= 0.6 is 0 Å². The number of nitrogens with two attached hydrogens (primary N) is 1. The maximum Gasteiger partial charge on any atom is 0.301 e. The molecule has 0 saturated heterocycles. The summed E-state index contributed by atoms with van der Waals surface area (Å²) in [4.78, 5) is 0. The van der Waals surface area contributed by atoms with Crippen molar-refractivity contribution in [2.24, 2.45) is 0 Å². The van der Waals surface area contributed by atoms with E-state index in [1.54, 1.807) is 6.07 Å². The van der Waals surface area contributed by atoms with Crippen molar-refractivity contribution in [1.82, 2.24) is 4.31 Å². The van der Waals surface area contributed by atoms with E-state index in [-0.39, 0.29) is 0 Å². The highest BCUT2D eigenvalue weighted by molar-refractivity contribution is 7.90. The number of aryl methyl sites for hydroxylation is 1. The molecular weight excluding hydrogens is 250 g/mol. The molecule has 6 heteroatoms. The Balaban J connectivity index is 3.16. The molecule has 3 N–H and O–H groups in total. The van der Waals surface area contributed by atoms with Gasteiger partial charge in [0.25, 0.3) is 0 Å². The van der Waals surface area contributed by atoms with E-state index in [1.165, 1.54) is 4.31 Å². The summed E-state index contributed by atoms with van der Waals surface area (Å²) in [7, 11) is -3.51. The Morgan fingerprint density at radius 1 is 1.22 bits per heavy atom. The second-order valence-electron chi connectivity index (χ2n) is 4.16. The first kappa shape index (κ1) is 14.8. The Labute approximate surface area is 109 Å². The van der Waals surface area contributed by atoms with Crippen LogP contribution in [-0.2, 0) is 10.2 Å². The van der Waals surface area contributed by atoms with Crippen molar-refractivity contribution < 1.29 is 8.42 Å². The molecule has 0 fully saturated rings. The molecule has 0 unspecified atom stereocenters. The summed E-state index contributed by atoms with van der Waals surface area (Å²) in [5.41, 5.74) is 8.57. The van der Waals surface area contributed by atoms with Crippen molar-refractivity contribution in [3.05, 3.63) is 23.3 Å². The number of hydrogen-bond donors (Lipinski definition) is 2. The van der Waals surface area contributed by atoms with Gasteiger partial charge in [0.1, 0.15) is 0 Å². The normalized spacial score (nSPS) is 11.8. The van der Waals surface area contributed by atoms with Gasteiger partial charge < -0.3 is 5.73 Å². The highest BCUT2D eigenvalue weighted by atomic mass is 32.2. The summed E-state index contributed by atoms with van der Waals surface area (Å²) in [5, 5.41) is 0. The molecule has 1 rings (SSSR count). The van der Waals surface area contributed by atoms with E-state index in [4.69, 9.17) is 5.73 Å². The van der Waals surface area contributed by atoms with E-state index in [1.807, 2.05) is 33.8 Å². The van der Waals surface area contributed by atoms with Gasteiger partial charge in [0.15, 0.2) is 0 Å². The van der Waals surface area contributed by atoms with Crippen LogP contribution < -0.4 is 10.5 Å². The number of nitrogens with one attached hydrogen (secondary N) is 1. The van der Waals surface area contributed by atoms with Crippen molar-refractivity contribution in [1.29, 1.82) is 0 Å². The van der Waals surface area contributed by atoms with Crippen molar-refractivity contribution >= 4 is 21.6 Å². The summed E-state index contributed by atoms with van der Waals surface area (Å²) in [6.07, 6.45) is 0. The molecule has 0 aliphatic heterocycles. The number of anilines is 2. The third-order valence-electron chi connectivity index (χ3n) is 2.99. The van der Waals surface area contributed by atoms with E-state index in [9.17, 15) is 8.42 Å². The first-order valence-corrected chi connectivity index (χ1v) is 7.41. The number of rotatable bonds is 5. The van der Waals surface area contributed by atoms with Gasteiger partial charge in [-0.3, -0.25) is 4.72 Å². The zero-order valence-electron chi connectivity index (χ0n) is 11.3. The lowest BCUT2D eigenvalue weighted by molar-refractivity contribution is 0.449. The fraction of sp³-hybridized carbons (Fsp3) is 0.500. The molecule has 1 aromatic rings. The highest BCUT2D eigenvalue weighted by Gasteiger charge is 2.20. The lowest BCUT2D eigenvalue weighted by Crippen LogP contribution is -2.35. The fourth-order valence-corrected chi connectivity index (χ4v) is 3.16. The molecule has 0 atom stereocenters. The summed E-state index contributed by atoms with van der Waals surface area (Å²) < 4.78 is 28.3. The summed E-state index contributed by atoms with van der Waals surface area (Å²) >= 11 is 0. The monoisotopic (exact) mass is 271 g/mol. The Hall–Kier alpha value is -1.27. The maximum absolute atomic E-state index is 12.2. The van der Waals surface area contributed by atoms with Gasteiger partial charge in [-0.25, -0.2) is 0 Å². The molecule has 18 heavy (non-hydrogen) atoms. The van der Waals surface area contributed by atoms with E-state index in [0.717, 1.165) is 11.1 Å². The van der Waals surface area contributed by atoms with Crippen LogP contribution in [0.15, 0.2) is 12.1 Å². The maximum atomic E-state index is 12.2. The average Bonchev–Trinajstić information content (AvgIpc) is 2.31. The number of nitrogen functional groups attached to an aromatic ring is 1. The van der Waals surface area contributed by atoms with Gasteiger partial charge in [-0.1, -0.05) is 19.9 Å². The summed E-state index contributed by atoms with van der Waals surface area (Å²) in [6.45, 7) is 8.15. The Morgan fingerprint density at radius 3 is 2.28 bits per heavy atom. The standard InChI is InChI=1S/C12H21N3O2S/c1-5-15(6-2)18(16,17)14-12-9(3)7-8-11(13)10(12)4/h7-8,14H,5-6,13H2,1-4H3. The van der Waals surface area contributed by atoms with Crippen molar-refractivity contribution in [2.75, 3.05) is 23.5 Å². The van der Waals surface area contributed by atoms with E-state index >= 15 is 0 Å². The minimum atomic E-state index is -3.51. The molecule has 0 bridgehead atoms. The van der Waals surface area contributed by atoms with Gasteiger partial charge in [-0.05, 0) is 31.0 Å². The molecule has 1 aromatic carbocycles. The Bertz CT molecular complexity index is 522. The van der Waals surface area contributed by atoms with Gasteiger partial charge in [0.05, 0.1) is 5.69 Å². The fourth-order valence-electron chi connectivity index (χ4n) is 1.78. The van der Waals surface area contributed by atoms with Crippen molar-refractivity contribution in [3.63, 3.8) is 0 Å². The van der Waals surface area contributed by atoms with Gasteiger partial charge in [-0.15, -0.1) is 0 Å². The van der Waals surface area contributed by atoms with Crippen LogP contribution in [0.5, 0.6) is 0 Å². The molecule has 0 amide bonds. The second-order valence-corrected chi connectivity index (χ2v) is 5.83. The molecular formula is C12H21N3O2S. The molecule has 0 aromatic heterocycles. The molecule has 0 saturated carbocycles. The number of hydrogen-bond acceptors (Lipinski definition) is 3. The van der Waals surface area contributed by atoms with Crippen molar-refractivity contribution in [3.8, 4) is 0 Å². The van der Waals surface area contributed by atoms with Crippen LogP contribution in [0, 0.1) is 13.8 Å². The molecule has 102 valence electrons. The SMILES string of the molecule is CCN(CC)S(=O)(=O)Nc1c(C)ccc(N)c1C. The lowest BCUT2D eigenvalue weighted by atomic mass is 10.1. The van der Waals surface area contributed by atoms with Crippen LogP contribution in [0.1, 0.15) is 25.0 Å². The molecule has 0 spiro atoms. The number of benzene rings is 1. The topological polar surface area (TPSA) is 75.4 Å². The first-order chi connectivity index (χ1) is 8.33. The molecule has 0 aliphatic rings. The number of nitrogens with zero attached hydrogens (tertiary/aromatic N) is 1. The highest BCUT2D eigenvalue weighted by Crippen LogP contribution is 2.26. The quantitative estimate of drug-likeness (QED) is 0.803. The predicted octanol–water partition coefficient (Wildman–Crippen LogP) is 1.88. The molecule has 0 heterocycles. The predicted molar refractivity (Wildman–Crippen MR) is 75.8 cm³/mol. The smallest absolute Gasteiger partial charge is 0.301 e. The van der Waals surface area contributed by atoms with E-state index in [0.29, 0.717) is 24.5 Å². The van der Waals surface area contributed by atoms with Crippen LogP contribution in [-0.4, -0.2) is 25.8 Å².